The average Bonchev–Trinajstić information content (AvgIpc) is 3.43. The van der Waals surface area contributed by atoms with Crippen LogP contribution in [0.4, 0.5) is 0 Å². The van der Waals surface area contributed by atoms with Gasteiger partial charge in [0.25, 0.3) is 0 Å². The molecule has 192 valence electrons. The lowest BCUT2D eigenvalue weighted by Gasteiger charge is -2.11. The van der Waals surface area contributed by atoms with E-state index >= 15 is 0 Å². The van der Waals surface area contributed by atoms with Gasteiger partial charge in [-0.2, -0.15) is 0 Å². The number of para-hydroxylation sites is 1. The molecule has 0 spiro atoms. The molecular weight excluding hydrogens is 506 g/mol. The molecule has 4 heterocycles. The molecule has 0 N–H and O–H groups in total. The van der Waals surface area contributed by atoms with E-state index in [4.69, 9.17) is 29.3 Å². The number of hydrogen-bond donors (Lipinski definition) is 0. The summed E-state index contributed by atoms with van der Waals surface area (Å²) in [5, 5.41) is 3.97. The summed E-state index contributed by atoms with van der Waals surface area (Å²) in [6.45, 7) is 0. The molecule has 0 bridgehead atoms. The summed E-state index contributed by atoms with van der Waals surface area (Å²) in [7, 11) is 0. The topological polar surface area (TPSA) is 77.6 Å². The molecule has 8 aromatic rings. The highest BCUT2D eigenvalue weighted by molar-refractivity contribution is 6.05. The summed E-state index contributed by atoms with van der Waals surface area (Å²) >= 11 is 0. The Balaban J connectivity index is 1.32. The molecule has 0 amide bonds. The van der Waals surface area contributed by atoms with E-state index in [1.165, 1.54) is 0 Å². The van der Waals surface area contributed by atoms with E-state index in [0.29, 0.717) is 23.2 Å². The first kappa shape index (κ1) is 23.2. The number of aromatic nitrogens is 5. The molecule has 0 unspecified atom stereocenters. The fourth-order valence-corrected chi connectivity index (χ4v) is 5.27. The fourth-order valence-electron chi connectivity index (χ4n) is 5.27. The van der Waals surface area contributed by atoms with Gasteiger partial charge in [0.2, 0.25) is 5.71 Å². The Bertz CT molecular complexity index is 2150. The maximum atomic E-state index is 6.06. The Morgan fingerprint density at radius 3 is 1.85 bits per heavy atom. The number of nitrogens with zero attached hydrogens (tertiary/aromatic N) is 5. The van der Waals surface area contributed by atoms with Gasteiger partial charge in [0.1, 0.15) is 5.58 Å². The van der Waals surface area contributed by atoms with Gasteiger partial charge in [0, 0.05) is 39.0 Å². The van der Waals surface area contributed by atoms with Crippen molar-refractivity contribution in [3.8, 4) is 45.6 Å². The molecule has 0 atom stereocenters. The van der Waals surface area contributed by atoms with Gasteiger partial charge < -0.3 is 4.42 Å². The van der Waals surface area contributed by atoms with Crippen LogP contribution in [0.15, 0.2) is 132 Å². The average molecular weight is 528 g/mol. The number of hydrogen-bond acceptors (Lipinski definition) is 6. The molecule has 8 rings (SSSR count). The van der Waals surface area contributed by atoms with E-state index < -0.39 is 0 Å². The van der Waals surface area contributed by atoms with Crippen molar-refractivity contribution in [2.75, 3.05) is 0 Å². The zero-order valence-electron chi connectivity index (χ0n) is 21.8. The van der Waals surface area contributed by atoms with Gasteiger partial charge in [-0.3, -0.25) is 4.98 Å². The van der Waals surface area contributed by atoms with Crippen LogP contribution in [0.3, 0.4) is 0 Å². The second-order valence-corrected chi connectivity index (χ2v) is 9.75. The van der Waals surface area contributed by atoms with Gasteiger partial charge in [0.05, 0.1) is 11.4 Å². The van der Waals surface area contributed by atoms with E-state index in [-0.39, 0.29) is 0 Å². The van der Waals surface area contributed by atoms with Crippen molar-refractivity contribution >= 4 is 32.8 Å². The molecule has 41 heavy (non-hydrogen) atoms. The van der Waals surface area contributed by atoms with Crippen molar-refractivity contribution in [1.82, 2.24) is 24.9 Å². The molecule has 0 aliphatic heterocycles. The van der Waals surface area contributed by atoms with Gasteiger partial charge in [-0.25, -0.2) is 19.9 Å². The third kappa shape index (κ3) is 4.01. The maximum Gasteiger partial charge on any atom is 0.227 e. The highest BCUT2D eigenvalue weighted by atomic mass is 16.3. The van der Waals surface area contributed by atoms with Gasteiger partial charge in [-0.1, -0.05) is 97.1 Å². The van der Waals surface area contributed by atoms with Crippen LogP contribution in [-0.4, -0.2) is 24.9 Å². The number of furan rings is 1. The Labute approximate surface area is 235 Å². The highest BCUT2D eigenvalue weighted by Gasteiger charge is 2.17. The Hall–Kier alpha value is -5.75. The van der Waals surface area contributed by atoms with E-state index in [2.05, 4.69) is 12.1 Å². The molecule has 0 saturated carbocycles. The van der Waals surface area contributed by atoms with Gasteiger partial charge in [0.15, 0.2) is 17.5 Å². The lowest BCUT2D eigenvalue weighted by molar-refractivity contribution is 0.654. The van der Waals surface area contributed by atoms with Crippen LogP contribution in [0, 0.1) is 0 Å². The zero-order chi connectivity index (χ0) is 27.2. The summed E-state index contributed by atoms with van der Waals surface area (Å²) in [6.07, 6.45) is 1.81. The predicted molar refractivity (Wildman–Crippen MR) is 162 cm³/mol. The van der Waals surface area contributed by atoms with Crippen molar-refractivity contribution in [1.29, 1.82) is 0 Å². The van der Waals surface area contributed by atoms with E-state index in [1.807, 2.05) is 115 Å². The van der Waals surface area contributed by atoms with Crippen molar-refractivity contribution < 1.29 is 4.42 Å². The zero-order valence-corrected chi connectivity index (χ0v) is 21.8. The van der Waals surface area contributed by atoms with Crippen LogP contribution in [0.5, 0.6) is 0 Å². The highest BCUT2D eigenvalue weighted by Crippen LogP contribution is 2.35. The molecule has 4 aromatic carbocycles. The lowest BCUT2D eigenvalue weighted by Crippen LogP contribution is -2.00. The van der Waals surface area contributed by atoms with Crippen molar-refractivity contribution in [3.05, 3.63) is 128 Å². The SMILES string of the molecule is c1ccc(-c2nc(-c3ccccc3)nc(-c3cccc4c(-c5ccc6c(n5)oc5ccccc56)nccc34)n2)cc1. The lowest BCUT2D eigenvalue weighted by atomic mass is 10.0. The van der Waals surface area contributed by atoms with Crippen molar-refractivity contribution in [2.24, 2.45) is 0 Å². The molecule has 0 radical (unpaired) electrons. The minimum atomic E-state index is 0.594. The minimum absolute atomic E-state index is 0.594. The second-order valence-electron chi connectivity index (χ2n) is 9.75. The summed E-state index contributed by atoms with van der Waals surface area (Å²) in [5.74, 6) is 1.84. The van der Waals surface area contributed by atoms with Crippen LogP contribution in [0.2, 0.25) is 0 Å². The van der Waals surface area contributed by atoms with Gasteiger partial charge in [-0.15, -0.1) is 0 Å². The number of fused-ring (bicyclic) bond motifs is 4. The normalized spacial score (nSPS) is 11.4. The summed E-state index contributed by atoms with van der Waals surface area (Å²) in [6, 6.07) is 40.1. The molecule has 0 aliphatic rings. The molecule has 0 saturated heterocycles. The van der Waals surface area contributed by atoms with Gasteiger partial charge in [-0.05, 0) is 29.7 Å². The van der Waals surface area contributed by atoms with E-state index in [9.17, 15) is 0 Å². The van der Waals surface area contributed by atoms with E-state index in [0.717, 1.165) is 55.2 Å². The van der Waals surface area contributed by atoms with Crippen LogP contribution < -0.4 is 0 Å². The molecule has 6 heteroatoms. The second kappa shape index (κ2) is 9.47. The first-order chi connectivity index (χ1) is 20.3. The summed E-state index contributed by atoms with van der Waals surface area (Å²) in [5.41, 5.74) is 5.68. The van der Waals surface area contributed by atoms with E-state index in [1.54, 1.807) is 0 Å². The number of rotatable bonds is 4. The Kier molecular flexibility index (Phi) is 5.35. The quantitative estimate of drug-likeness (QED) is 0.229. The number of benzene rings is 4. The number of pyridine rings is 2. The standard InChI is InChI=1S/C35H21N5O/c1-3-10-22(11-4-1)32-38-33(23-12-5-2-6-13-23)40-34(39-32)27-16-9-15-26-24(27)20-21-36-31(26)29-19-18-28-25-14-7-8-17-30(25)41-35(28)37-29/h1-21H. The Morgan fingerprint density at radius 1 is 0.439 bits per heavy atom. The van der Waals surface area contributed by atoms with Crippen molar-refractivity contribution in [3.63, 3.8) is 0 Å². The van der Waals surface area contributed by atoms with Gasteiger partial charge >= 0.3 is 0 Å². The third-order valence-electron chi connectivity index (χ3n) is 7.23. The molecule has 4 aromatic heterocycles. The van der Waals surface area contributed by atoms with Crippen LogP contribution in [0.1, 0.15) is 0 Å². The third-order valence-corrected chi connectivity index (χ3v) is 7.23. The largest absolute Gasteiger partial charge is 0.438 e. The fraction of sp³-hybridized carbons (Fsp3) is 0. The molecule has 6 nitrogen and oxygen atoms in total. The first-order valence-corrected chi connectivity index (χ1v) is 13.4. The van der Waals surface area contributed by atoms with Crippen LogP contribution in [0.25, 0.3) is 78.4 Å². The molecule has 0 aliphatic carbocycles. The monoisotopic (exact) mass is 527 g/mol. The smallest absolute Gasteiger partial charge is 0.227 e. The molecular formula is C35H21N5O. The summed E-state index contributed by atoms with van der Waals surface area (Å²) < 4.78 is 6.06. The predicted octanol–water partition coefficient (Wildman–Crippen LogP) is 8.38. The minimum Gasteiger partial charge on any atom is -0.438 e. The van der Waals surface area contributed by atoms with Crippen LogP contribution >= 0.6 is 0 Å². The molecule has 0 fully saturated rings. The Morgan fingerprint density at radius 2 is 1.10 bits per heavy atom. The van der Waals surface area contributed by atoms with Crippen molar-refractivity contribution in [2.45, 2.75) is 0 Å². The maximum absolute atomic E-state index is 6.06. The van der Waals surface area contributed by atoms with Crippen LogP contribution in [-0.2, 0) is 0 Å². The summed E-state index contributed by atoms with van der Waals surface area (Å²) in [4.78, 5) is 24.3. The first-order valence-electron chi connectivity index (χ1n) is 13.4.